The van der Waals surface area contributed by atoms with Crippen molar-refractivity contribution < 1.29 is 13.6 Å². The molecule has 1 fully saturated rings. The van der Waals surface area contributed by atoms with Gasteiger partial charge in [-0.25, -0.2) is 9.37 Å². The summed E-state index contributed by atoms with van der Waals surface area (Å²) in [6.07, 6.45) is 3.81. The summed E-state index contributed by atoms with van der Waals surface area (Å²) < 4.78 is 26.4. The lowest BCUT2D eigenvalue weighted by Crippen LogP contribution is -2.34. The van der Waals surface area contributed by atoms with Gasteiger partial charge in [-0.05, 0) is 25.3 Å². The smallest absolute Gasteiger partial charge is 0.257 e. The molecule has 5 heteroatoms. The normalized spacial score (nSPS) is 14.8. The molecule has 0 radical (unpaired) electrons. The molecule has 0 aliphatic heterocycles. The van der Waals surface area contributed by atoms with E-state index in [-0.39, 0.29) is 11.6 Å². The summed E-state index contributed by atoms with van der Waals surface area (Å²) in [5, 5.41) is 0. The Morgan fingerprint density at radius 1 is 1.53 bits per heavy atom. The van der Waals surface area contributed by atoms with E-state index in [9.17, 15) is 13.6 Å². The van der Waals surface area contributed by atoms with Crippen LogP contribution in [0.15, 0.2) is 12.3 Å². The Morgan fingerprint density at radius 2 is 2.24 bits per heavy atom. The van der Waals surface area contributed by atoms with Crippen LogP contribution in [0.5, 0.6) is 0 Å². The second-order valence-corrected chi connectivity index (χ2v) is 4.19. The van der Waals surface area contributed by atoms with Crippen molar-refractivity contribution in [2.45, 2.75) is 32.2 Å². The van der Waals surface area contributed by atoms with Crippen molar-refractivity contribution in [3.05, 3.63) is 29.6 Å². The summed E-state index contributed by atoms with van der Waals surface area (Å²) in [7, 11) is 0. The maximum Gasteiger partial charge on any atom is 0.257 e. The van der Waals surface area contributed by atoms with Crippen molar-refractivity contribution in [2.24, 2.45) is 0 Å². The molecule has 0 N–H and O–H groups in total. The molecular formula is C12H14F2N2O. The first kappa shape index (κ1) is 12.0. The van der Waals surface area contributed by atoms with Crippen LogP contribution in [0.2, 0.25) is 0 Å². The van der Waals surface area contributed by atoms with Gasteiger partial charge in [-0.3, -0.25) is 4.79 Å². The first-order valence-electron chi connectivity index (χ1n) is 5.76. The fraction of sp³-hybridized carbons (Fsp3) is 0.500. The topological polar surface area (TPSA) is 33.2 Å². The second kappa shape index (κ2) is 4.77. The number of halogens is 2. The molecule has 0 spiro atoms. The molecule has 17 heavy (non-hydrogen) atoms. The molecular weight excluding hydrogens is 226 g/mol. The molecule has 92 valence electrons. The highest BCUT2D eigenvalue weighted by atomic mass is 19.2. The van der Waals surface area contributed by atoms with Gasteiger partial charge in [0.2, 0.25) is 5.95 Å². The Kier molecular flexibility index (Phi) is 3.36. The van der Waals surface area contributed by atoms with Crippen LogP contribution < -0.4 is 0 Å². The van der Waals surface area contributed by atoms with Crippen LogP contribution in [-0.2, 0) is 0 Å². The van der Waals surface area contributed by atoms with Crippen molar-refractivity contribution in [3.8, 4) is 0 Å². The lowest BCUT2D eigenvalue weighted by molar-refractivity contribution is 0.0737. The first-order chi connectivity index (χ1) is 8.15. The third-order valence-electron chi connectivity index (χ3n) is 2.79. The zero-order valence-corrected chi connectivity index (χ0v) is 9.62. The highest BCUT2D eigenvalue weighted by molar-refractivity contribution is 5.94. The van der Waals surface area contributed by atoms with Gasteiger partial charge < -0.3 is 4.90 Å². The molecule has 1 saturated carbocycles. The average Bonchev–Trinajstić information content (AvgIpc) is 3.13. The Morgan fingerprint density at radius 3 is 2.82 bits per heavy atom. The number of pyridine rings is 1. The van der Waals surface area contributed by atoms with Crippen LogP contribution in [0.25, 0.3) is 0 Å². The van der Waals surface area contributed by atoms with Crippen molar-refractivity contribution in [3.63, 3.8) is 0 Å². The Hall–Kier alpha value is -1.52. The molecule has 1 aromatic heterocycles. The zero-order chi connectivity index (χ0) is 12.4. The molecule has 3 nitrogen and oxygen atoms in total. The summed E-state index contributed by atoms with van der Waals surface area (Å²) >= 11 is 0. The van der Waals surface area contributed by atoms with E-state index in [0.717, 1.165) is 25.5 Å². The van der Waals surface area contributed by atoms with E-state index in [0.29, 0.717) is 6.54 Å². The van der Waals surface area contributed by atoms with Gasteiger partial charge in [-0.2, -0.15) is 4.39 Å². The van der Waals surface area contributed by atoms with E-state index in [1.165, 1.54) is 6.07 Å². The maximum atomic E-state index is 13.5. The van der Waals surface area contributed by atoms with Gasteiger partial charge in [0, 0.05) is 18.8 Å². The minimum absolute atomic E-state index is 0.193. The largest absolute Gasteiger partial charge is 0.336 e. The number of carbonyl (C=O) groups is 1. The molecule has 1 aliphatic rings. The van der Waals surface area contributed by atoms with E-state index < -0.39 is 17.7 Å². The van der Waals surface area contributed by atoms with E-state index in [2.05, 4.69) is 4.98 Å². The van der Waals surface area contributed by atoms with Gasteiger partial charge >= 0.3 is 0 Å². The summed E-state index contributed by atoms with van der Waals surface area (Å²) in [6.45, 7) is 2.53. The molecule has 1 heterocycles. The number of amides is 1. The van der Waals surface area contributed by atoms with Gasteiger partial charge in [0.15, 0.2) is 5.82 Å². The van der Waals surface area contributed by atoms with E-state index in [4.69, 9.17) is 0 Å². The number of nitrogens with zero attached hydrogens (tertiary/aromatic N) is 2. The number of hydrogen-bond donors (Lipinski definition) is 0. The molecule has 1 amide bonds. The first-order valence-corrected chi connectivity index (χ1v) is 5.76. The maximum absolute atomic E-state index is 13.5. The third kappa shape index (κ3) is 2.43. The molecule has 1 aliphatic carbocycles. The predicted molar refractivity (Wildman–Crippen MR) is 58.5 cm³/mol. The SMILES string of the molecule is CCCN(C(=O)c1ccnc(F)c1F)C1CC1. The second-order valence-electron chi connectivity index (χ2n) is 4.19. The molecule has 2 rings (SSSR count). The van der Waals surface area contributed by atoms with Crippen LogP contribution in [0.1, 0.15) is 36.5 Å². The molecule has 0 aromatic carbocycles. The molecule has 1 aromatic rings. The Labute approximate surface area is 98.5 Å². The fourth-order valence-corrected chi connectivity index (χ4v) is 1.82. The van der Waals surface area contributed by atoms with E-state index in [1.807, 2.05) is 6.92 Å². The minimum Gasteiger partial charge on any atom is -0.336 e. The predicted octanol–water partition coefficient (Wildman–Crippen LogP) is 2.37. The molecule has 0 saturated heterocycles. The average molecular weight is 240 g/mol. The van der Waals surface area contributed by atoms with Crippen molar-refractivity contribution in [1.82, 2.24) is 9.88 Å². The van der Waals surface area contributed by atoms with Gasteiger partial charge in [0.25, 0.3) is 5.91 Å². The van der Waals surface area contributed by atoms with Crippen LogP contribution in [0, 0.1) is 11.8 Å². The summed E-state index contributed by atoms with van der Waals surface area (Å²) in [6, 6.07) is 1.42. The fourth-order valence-electron chi connectivity index (χ4n) is 1.82. The van der Waals surface area contributed by atoms with Gasteiger partial charge in [0.1, 0.15) is 0 Å². The Balaban J connectivity index is 2.25. The lowest BCUT2D eigenvalue weighted by Gasteiger charge is -2.21. The third-order valence-corrected chi connectivity index (χ3v) is 2.79. The summed E-state index contributed by atoms with van der Waals surface area (Å²) in [5.74, 6) is -2.81. The standard InChI is InChI=1S/C12H14F2N2O/c1-2-7-16(8-3-4-8)12(17)9-5-6-15-11(14)10(9)13/h5-6,8H,2-4,7H2,1H3. The Bertz CT molecular complexity index is 433. The van der Waals surface area contributed by atoms with Crippen molar-refractivity contribution in [2.75, 3.05) is 6.54 Å². The summed E-state index contributed by atoms with van der Waals surface area (Å²) in [4.78, 5) is 16.9. The van der Waals surface area contributed by atoms with E-state index >= 15 is 0 Å². The van der Waals surface area contributed by atoms with Crippen LogP contribution in [-0.4, -0.2) is 28.4 Å². The number of aromatic nitrogens is 1. The van der Waals surface area contributed by atoms with Crippen molar-refractivity contribution in [1.29, 1.82) is 0 Å². The van der Waals surface area contributed by atoms with Gasteiger partial charge in [-0.1, -0.05) is 6.92 Å². The molecule has 0 atom stereocenters. The van der Waals surface area contributed by atoms with Gasteiger partial charge in [0.05, 0.1) is 5.56 Å². The highest BCUT2D eigenvalue weighted by Crippen LogP contribution is 2.28. The van der Waals surface area contributed by atoms with Crippen LogP contribution >= 0.6 is 0 Å². The quantitative estimate of drug-likeness (QED) is 0.757. The van der Waals surface area contributed by atoms with Crippen molar-refractivity contribution >= 4 is 5.91 Å². The number of rotatable bonds is 4. The minimum atomic E-state index is -1.22. The number of carbonyl (C=O) groups excluding carboxylic acids is 1. The summed E-state index contributed by atoms with van der Waals surface area (Å²) in [5.41, 5.74) is -0.224. The highest BCUT2D eigenvalue weighted by Gasteiger charge is 2.33. The molecule has 0 bridgehead atoms. The van der Waals surface area contributed by atoms with Crippen LogP contribution in [0.3, 0.4) is 0 Å². The zero-order valence-electron chi connectivity index (χ0n) is 9.62. The van der Waals surface area contributed by atoms with Gasteiger partial charge in [-0.15, -0.1) is 0 Å². The number of hydrogen-bond acceptors (Lipinski definition) is 2. The lowest BCUT2D eigenvalue weighted by atomic mass is 10.2. The van der Waals surface area contributed by atoms with Crippen LogP contribution in [0.4, 0.5) is 8.78 Å². The molecule has 0 unspecified atom stereocenters. The van der Waals surface area contributed by atoms with E-state index in [1.54, 1.807) is 4.90 Å². The monoisotopic (exact) mass is 240 g/mol.